The fourth-order valence-electron chi connectivity index (χ4n) is 0.625. The van der Waals surface area contributed by atoms with Gasteiger partial charge in [0, 0.05) is 5.75 Å². The van der Waals surface area contributed by atoms with Gasteiger partial charge in [-0.25, -0.2) is 9.59 Å². The van der Waals surface area contributed by atoms with E-state index in [0.717, 1.165) is 0 Å². The molecule has 0 saturated heterocycles. The second-order valence-corrected chi connectivity index (χ2v) is 3.17. The minimum absolute atomic E-state index is 0.0389. The molecule has 0 heterocycles. The monoisotopic (exact) mass is 235 g/mol. The molecule has 0 unspecified atom stereocenters. The van der Waals surface area contributed by atoms with Crippen molar-refractivity contribution in [3.63, 3.8) is 0 Å². The Bertz CT molecular complexity index is 271. The van der Waals surface area contributed by atoms with Crippen molar-refractivity contribution in [1.82, 2.24) is 0 Å². The van der Waals surface area contributed by atoms with Crippen LogP contribution in [0.2, 0.25) is 0 Å². The van der Waals surface area contributed by atoms with Crippen LogP contribution >= 0.6 is 12.6 Å². The van der Waals surface area contributed by atoms with Crippen molar-refractivity contribution in [3.05, 3.63) is 0 Å². The summed E-state index contributed by atoms with van der Waals surface area (Å²) in [5, 5.41) is 0. The first-order valence-electron chi connectivity index (χ1n) is 4.04. The molecule has 0 radical (unpaired) electrons. The molecular weight excluding hydrogens is 222 g/mol. The van der Waals surface area contributed by atoms with Crippen LogP contribution in [0.5, 0.6) is 0 Å². The summed E-state index contributed by atoms with van der Waals surface area (Å²) in [7, 11) is 0. The predicted molar refractivity (Wildman–Crippen MR) is 54.7 cm³/mol. The minimum Gasteiger partial charge on any atom is -0.391 e. The molecule has 0 aromatic heterocycles. The molecule has 2 atom stereocenters. The number of carbonyl (C=O) groups is 3. The third-order valence-corrected chi connectivity index (χ3v) is 1.82. The van der Waals surface area contributed by atoms with Gasteiger partial charge in [-0.05, 0) is 0 Å². The Morgan fingerprint density at radius 3 is 2.00 bits per heavy atom. The van der Waals surface area contributed by atoms with Crippen LogP contribution in [0.1, 0.15) is 6.42 Å². The third kappa shape index (κ3) is 5.35. The van der Waals surface area contributed by atoms with Gasteiger partial charge >= 0.3 is 11.9 Å². The van der Waals surface area contributed by atoms with Crippen molar-refractivity contribution in [3.8, 4) is 0 Å². The van der Waals surface area contributed by atoms with Gasteiger partial charge in [-0.3, -0.25) is 4.79 Å². The van der Waals surface area contributed by atoms with Crippen LogP contribution in [0.25, 0.3) is 0 Å². The van der Waals surface area contributed by atoms with E-state index in [1.165, 1.54) is 0 Å². The number of primary amides is 1. The van der Waals surface area contributed by atoms with Crippen molar-refractivity contribution in [2.75, 3.05) is 5.75 Å². The molecule has 86 valence electrons. The summed E-state index contributed by atoms with van der Waals surface area (Å²) in [6.45, 7) is 0. The highest BCUT2D eigenvalue weighted by Crippen LogP contribution is 1.95. The van der Waals surface area contributed by atoms with Gasteiger partial charge in [-0.2, -0.15) is 12.6 Å². The zero-order valence-electron chi connectivity index (χ0n) is 7.88. The van der Waals surface area contributed by atoms with Crippen LogP contribution in [0.4, 0.5) is 0 Å². The number of nitrogens with two attached hydrogens (primary N) is 3. The largest absolute Gasteiger partial charge is 0.391 e. The molecule has 1 amide bonds. The lowest BCUT2D eigenvalue weighted by atomic mass is 10.2. The summed E-state index contributed by atoms with van der Waals surface area (Å²) in [4.78, 5) is 32.4. The van der Waals surface area contributed by atoms with E-state index in [4.69, 9.17) is 17.2 Å². The molecule has 0 aliphatic rings. The molecule has 0 aliphatic heterocycles. The lowest BCUT2D eigenvalue weighted by Gasteiger charge is -2.10. The van der Waals surface area contributed by atoms with Gasteiger partial charge in [0.2, 0.25) is 5.91 Å². The molecule has 0 aliphatic carbocycles. The second-order valence-electron chi connectivity index (χ2n) is 2.81. The fourth-order valence-corrected chi connectivity index (χ4v) is 0.774. The number of carbonyl (C=O) groups excluding carboxylic acids is 3. The van der Waals surface area contributed by atoms with Gasteiger partial charge in [0.05, 0.1) is 6.42 Å². The van der Waals surface area contributed by atoms with Gasteiger partial charge in [-0.1, -0.05) is 0 Å². The smallest absolute Gasteiger partial charge is 0.331 e. The van der Waals surface area contributed by atoms with E-state index in [0.29, 0.717) is 0 Å². The molecule has 15 heavy (non-hydrogen) atoms. The number of ether oxygens (including phenoxy) is 1. The Morgan fingerprint density at radius 1 is 1.13 bits per heavy atom. The van der Waals surface area contributed by atoms with Gasteiger partial charge in [0.15, 0.2) is 0 Å². The topological polar surface area (TPSA) is 139 Å². The highest BCUT2D eigenvalue weighted by Gasteiger charge is 2.23. The first-order chi connectivity index (χ1) is 6.88. The van der Waals surface area contributed by atoms with E-state index in [2.05, 4.69) is 17.4 Å². The molecule has 8 heteroatoms. The van der Waals surface area contributed by atoms with Crippen molar-refractivity contribution in [2.45, 2.75) is 18.5 Å². The predicted octanol–water partition coefficient (Wildman–Crippen LogP) is -2.48. The van der Waals surface area contributed by atoms with Gasteiger partial charge in [0.25, 0.3) is 0 Å². The zero-order chi connectivity index (χ0) is 12.0. The van der Waals surface area contributed by atoms with Crippen LogP contribution in [-0.2, 0) is 19.1 Å². The highest BCUT2D eigenvalue weighted by molar-refractivity contribution is 7.80. The number of thiol groups is 1. The normalized spacial score (nSPS) is 14.1. The van der Waals surface area contributed by atoms with Crippen molar-refractivity contribution in [1.29, 1.82) is 0 Å². The molecule has 6 N–H and O–H groups in total. The molecule has 0 bridgehead atoms. The maximum atomic E-state index is 11.1. The molecule has 0 fully saturated rings. The van der Waals surface area contributed by atoms with Crippen LogP contribution in [-0.4, -0.2) is 35.7 Å². The van der Waals surface area contributed by atoms with Crippen LogP contribution < -0.4 is 17.2 Å². The van der Waals surface area contributed by atoms with E-state index in [-0.39, 0.29) is 12.2 Å². The Labute approximate surface area is 91.7 Å². The summed E-state index contributed by atoms with van der Waals surface area (Å²) in [5.41, 5.74) is 15.3. The summed E-state index contributed by atoms with van der Waals surface area (Å²) in [6.07, 6.45) is -0.387. The maximum absolute atomic E-state index is 11.1. The number of amides is 1. The van der Waals surface area contributed by atoms with E-state index in [1.807, 2.05) is 0 Å². The molecule has 0 spiro atoms. The molecule has 0 saturated carbocycles. The summed E-state index contributed by atoms with van der Waals surface area (Å²) < 4.78 is 4.28. The Kier molecular flexibility index (Phi) is 5.90. The van der Waals surface area contributed by atoms with E-state index in [1.54, 1.807) is 0 Å². The molecule has 0 rings (SSSR count). The zero-order valence-corrected chi connectivity index (χ0v) is 8.78. The number of esters is 2. The Morgan fingerprint density at radius 2 is 1.60 bits per heavy atom. The maximum Gasteiger partial charge on any atom is 0.331 e. The van der Waals surface area contributed by atoms with Crippen LogP contribution in [0.15, 0.2) is 0 Å². The Balaban J connectivity index is 4.13. The summed E-state index contributed by atoms with van der Waals surface area (Å²) in [5.74, 6) is -2.69. The number of rotatable bonds is 5. The summed E-state index contributed by atoms with van der Waals surface area (Å²) in [6, 6.07) is -2.25. The highest BCUT2D eigenvalue weighted by atomic mass is 32.1. The van der Waals surface area contributed by atoms with Crippen LogP contribution in [0.3, 0.4) is 0 Å². The summed E-state index contributed by atoms with van der Waals surface area (Å²) >= 11 is 3.74. The van der Waals surface area contributed by atoms with Crippen LogP contribution in [0, 0.1) is 0 Å². The molecule has 7 nitrogen and oxygen atoms in total. The fraction of sp³-hybridized carbons (Fsp3) is 0.571. The first kappa shape index (κ1) is 13.9. The van der Waals surface area contributed by atoms with Gasteiger partial charge in [0.1, 0.15) is 12.1 Å². The van der Waals surface area contributed by atoms with E-state index in [9.17, 15) is 14.4 Å². The van der Waals surface area contributed by atoms with E-state index >= 15 is 0 Å². The number of hydrogen-bond acceptors (Lipinski definition) is 7. The van der Waals surface area contributed by atoms with Crippen molar-refractivity contribution < 1.29 is 19.1 Å². The standard InChI is InChI=1S/C7H13N3O4S/c8-3(1-5(10)11)6(12)14-7(13)4(9)2-15/h3-4,15H,1-2,8-9H2,(H2,10,11)/t3-,4-/m0/s1. The Hall–Kier alpha value is -1.12. The lowest BCUT2D eigenvalue weighted by molar-refractivity contribution is -0.161. The molecular formula is C7H13N3O4S. The third-order valence-electron chi connectivity index (χ3n) is 1.42. The number of hydrogen-bond donors (Lipinski definition) is 4. The SMILES string of the molecule is NC(=O)C[C@H](N)C(=O)OC(=O)[C@@H](N)CS. The first-order valence-corrected chi connectivity index (χ1v) is 4.67. The second kappa shape index (κ2) is 6.38. The van der Waals surface area contributed by atoms with Crippen molar-refractivity contribution >= 4 is 30.5 Å². The average Bonchev–Trinajstić information content (AvgIpc) is 2.15. The average molecular weight is 235 g/mol. The van der Waals surface area contributed by atoms with Gasteiger partial charge < -0.3 is 21.9 Å². The van der Waals surface area contributed by atoms with E-state index < -0.39 is 29.9 Å². The molecule has 0 aromatic rings. The minimum atomic E-state index is -1.25. The molecule has 0 aromatic carbocycles. The lowest BCUT2D eigenvalue weighted by Crippen LogP contribution is -2.41. The van der Waals surface area contributed by atoms with Gasteiger partial charge in [-0.15, -0.1) is 0 Å². The quantitative estimate of drug-likeness (QED) is 0.236. The van der Waals surface area contributed by atoms with Crippen molar-refractivity contribution in [2.24, 2.45) is 17.2 Å².